The molecule has 0 unspecified atom stereocenters. The van der Waals surface area contributed by atoms with Crippen molar-refractivity contribution in [2.45, 2.75) is 25.7 Å². The zero-order valence-corrected chi connectivity index (χ0v) is 24.7. The average molecular weight is 600 g/mol. The summed E-state index contributed by atoms with van der Waals surface area (Å²) in [6.07, 6.45) is 7.33. The van der Waals surface area contributed by atoms with E-state index in [1.54, 1.807) is 43.0 Å². The zero-order valence-electron chi connectivity index (χ0n) is 23.9. The maximum Gasteiger partial charge on any atom is 0.257 e. The smallest absolute Gasteiger partial charge is 0.257 e. The number of nitrogens with one attached hydrogen (secondary N) is 2. The van der Waals surface area contributed by atoms with Crippen LogP contribution in [0.2, 0.25) is 0 Å². The molecule has 6 rings (SSSR count). The maximum absolute atomic E-state index is 13.0. The highest BCUT2D eigenvalue weighted by molar-refractivity contribution is 7.13. The number of methoxy groups -OCH3 is 1. The molecule has 3 heterocycles. The topological polar surface area (TPSA) is 131 Å². The van der Waals surface area contributed by atoms with Crippen molar-refractivity contribution in [3.8, 4) is 22.9 Å². The second-order valence-electron chi connectivity index (χ2n) is 10.8. The van der Waals surface area contributed by atoms with Crippen molar-refractivity contribution in [2.24, 2.45) is 11.8 Å². The highest BCUT2D eigenvalue weighted by atomic mass is 32.1. The molecule has 222 valence electrons. The Morgan fingerprint density at radius 1 is 0.953 bits per heavy atom. The van der Waals surface area contributed by atoms with Crippen molar-refractivity contribution in [1.82, 2.24) is 25.3 Å². The first-order chi connectivity index (χ1) is 21.0. The van der Waals surface area contributed by atoms with Crippen LogP contribution in [0, 0.1) is 11.8 Å². The average Bonchev–Trinajstić information content (AvgIpc) is 3.75. The van der Waals surface area contributed by atoms with E-state index in [-0.39, 0.29) is 11.8 Å². The monoisotopic (exact) mass is 599 g/mol. The Labute approximate surface area is 253 Å². The molecular formula is C31H33N7O4S. The van der Waals surface area contributed by atoms with E-state index in [4.69, 9.17) is 14.5 Å². The standard InChI is InChI=1S/C31H33N7O4S/c1-41-25-14-24(15-26(16-25)42-18-21-5-6-21)28(39)33-17-20-7-10-38(11-8-20)30-35-19-34-27(36-30)22-3-2-4-23(13-22)29(40)37-31-32-9-12-43-31/h2-4,9,12-16,19-21H,5-8,10-11,17-18H2,1H3,(H,33,39)(H,32,37,40). The molecule has 0 radical (unpaired) electrons. The number of ether oxygens (including phenoxy) is 2. The predicted octanol–water partition coefficient (Wildman–Crippen LogP) is 4.69. The Morgan fingerprint density at radius 2 is 1.79 bits per heavy atom. The number of anilines is 2. The van der Waals surface area contributed by atoms with Crippen molar-refractivity contribution in [3.05, 3.63) is 71.5 Å². The van der Waals surface area contributed by atoms with E-state index in [1.807, 2.05) is 18.2 Å². The van der Waals surface area contributed by atoms with Gasteiger partial charge in [-0.2, -0.15) is 4.98 Å². The fourth-order valence-electron chi connectivity index (χ4n) is 4.91. The summed E-state index contributed by atoms with van der Waals surface area (Å²) in [5.74, 6) is 2.95. The fraction of sp³-hybridized carbons (Fsp3) is 0.355. The number of carbonyl (C=O) groups is 2. The number of rotatable bonds is 11. The van der Waals surface area contributed by atoms with Gasteiger partial charge < -0.3 is 19.7 Å². The molecule has 2 N–H and O–H groups in total. The highest BCUT2D eigenvalue weighted by Gasteiger charge is 2.24. The minimum absolute atomic E-state index is 0.137. The van der Waals surface area contributed by atoms with Gasteiger partial charge in [0.05, 0.1) is 13.7 Å². The van der Waals surface area contributed by atoms with E-state index in [0.29, 0.717) is 64.5 Å². The number of nitrogens with zero attached hydrogens (tertiary/aromatic N) is 5. The van der Waals surface area contributed by atoms with Crippen molar-refractivity contribution < 1.29 is 19.1 Å². The summed E-state index contributed by atoms with van der Waals surface area (Å²) in [5, 5.41) is 8.24. The molecular weight excluding hydrogens is 566 g/mol. The number of hydrogen-bond acceptors (Lipinski definition) is 10. The van der Waals surface area contributed by atoms with Crippen LogP contribution in [-0.2, 0) is 0 Å². The third-order valence-corrected chi connectivity index (χ3v) is 8.29. The molecule has 1 aliphatic heterocycles. The molecule has 43 heavy (non-hydrogen) atoms. The summed E-state index contributed by atoms with van der Waals surface area (Å²) in [7, 11) is 1.59. The van der Waals surface area contributed by atoms with E-state index in [0.717, 1.165) is 31.5 Å². The van der Waals surface area contributed by atoms with Crippen molar-refractivity contribution in [2.75, 3.05) is 43.6 Å². The molecule has 4 aromatic rings. The lowest BCUT2D eigenvalue weighted by Gasteiger charge is -2.32. The Kier molecular flexibility index (Phi) is 8.73. The van der Waals surface area contributed by atoms with Gasteiger partial charge in [0.2, 0.25) is 5.95 Å². The number of amides is 2. The minimum Gasteiger partial charge on any atom is -0.497 e. The van der Waals surface area contributed by atoms with Gasteiger partial charge in [0.15, 0.2) is 11.0 Å². The van der Waals surface area contributed by atoms with Gasteiger partial charge in [-0.3, -0.25) is 14.9 Å². The Hall–Kier alpha value is -4.58. The summed E-state index contributed by atoms with van der Waals surface area (Å²) < 4.78 is 11.3. The molecule has 1 saturated carbocycles. The van der Waals surface area contributed by atoms with Gasteiger partial charge in [0.1, 0.15) is 17.8 Å². The second kappa shape index (κ2) is 13.2. The van der Waals surface area contributed by atoms with Crippen LogP contribution in [0.4, 0.5) is 11.1 Å². The highest BCUT2D eigenvalue weighted by Crippen LogP contribution is 2.31. The second-order valence-corrected chi connectivity index (χ2v) is 11.7. The van der Waals surface area contributed by atoms with Crippen LogP contribution in [0.1, 0.15) is 46.4 Å². The fourth-order valence-corrected chi connectivity index (χ4v) is 5.44. The van der Waals surface area contributed by atoms with E-state index in [2.05, 4.69) is 30.5 Å². The third-order valence-electron chi connectivity index (χ3n) is 7.60. The molecule has 1 saturated heterocycles. The van der Waals surface area contributed by atoms with Gasteiger partial charge >= 0.3 is 0 Å². The molecule has 2 fully saturated rings. The van der Waals surface area contributed by atoms with Gasteiger partial charge in [-0.1, -0.05) is 12.1 Å². The van der Waals surface area contributed by atoms with E-state index >= 15 is 0 Å². The molecule has 0 bridgehead atoms. The van der Waals surface area contributed by atoms with Crippen LogP contribution >= 0.6 is 11.3 Å². The molecule has 2 amide bonds. The molecule has 0 atom stereocenters. The molecule has 1 aliphatic carbocycles. The molecule has 11 nitrogen and oxygen atoms in total. The van der Waals surface area contributed by atoms with E-state index < -0.39 is 0 Å². The van der Waals surface area contributed by atoms with Crippen LogP contribution < -0.4 is 25.0 Å². The number of benzene rings is 2. The van der Waals surface area contributed by atoms with Gasteiger partial charge in [-0.05, 0) is 61.8 Å². The lowest BCUT2D eigenvalue weighted by atomic mass is 9.97. The molecule has 2 aromatic carbocycles. The lowest BCUT2D eigenvalue weighted by molar-refractivity contribution is 0.0943. The zero-order chi connectivity index (χ0) is 29.6. The van der Waals surface area contributed by atoms with Gasteiger partial charge in [0, 0.05) is 54.0 Å². The Bertz CT molecular complexity index is 1570. The van der Waals surface area contributed by atoms with Gasteiger partial charge in [0.25, 0.3) is 11.8 Å². The maximum atomic E-state index is 13.0. The first-order valence-corrected chi connectivity index (χ1v) is 15.3. The van der Waals surface area contributed by atoms with Crippen molar-refractivity contribution in [1.29, 1.82) is 0 Å². The van der Waals surface area contributed by atoms with Crippen LogP contribution in [0.25, 0.3) is 11.4 Å². The largest absolute Gasteiger partial charge is 0.497 e. The summed E-state index contributed by atoms with van der Waals surface area (Å²) in [6, 6.07) is 12.5. The Morgan fingerprint density at radius 3 is 2.56 bits per heavy atom. The molecule has 2 aromatic heterocycles. The number of hydrogen-bond donors (Lipinski definition) is 2. The summed E-state index contributed by atoms with van der Waals surface area (Å²) >= 11 is 1.36. The van der Waals surface area contributed by atoms with Crippen LogP contribution in [-0.4, -0.2) is 65.1 Å². The van der Waals surface area contributed by atoms with Crippen LogP contribution in [0.5, 0.6) is 11.5 Å². The first-order valence-electron chi connectivity index (χ1n) is 14.4. The number of piperidine rings is 1. The number of carbonyl (C=O) groups excluding carboxylic acids is 2. The summed E-state index contributed by atoms with van der Waals surface area (Å²) in [6.45, 7) is 2.78. The van der Waals surface area contributed by atoms with Gasteiger partial charge in [-0.15, -0.1) is 11.3 Å². The SMILES string of the molecule is COc1cc(OCC2CC2)cc(C(=O)NCC2CCN(c3ncnc(-c4cccc(C(=O)Nc5nccs5)c4)n3)CC2)c1. The van der Waals surface area contributed by atoms with Crippen LogP contribution in [0.3, 0.4) is 0 Å². The summed E-state index contributed by atoms with van der Waals surface area (Å²) in [4.78, 5) is 45.4. The van der Waals surface area contributed by atoms with Crippen molar-refractivity contribution >= 4 is 34.2 Å². The molecule has 12 heteroatoms. The number of aromatic nitrogens is 4. The van der Waals surface area contributed by atoms with E-state index in [9.17, 15) is 9.59 Å². The predicted molar refractivity (Wildman–Crippen MR) is 164 cm³/mol. The molecule has 0 spiro atoms. The normalized spacial score (nSPS) is 15.1. The quantitative estimate of drug-likeness (QED) is 0.252. The van der Waals surface area contributed by atoms with E-state index in [1.165, 1.54) is 30.5 Å². The van der Waals surface area contributed by atoms with Gasteiger partial charge in [-0.25, -0.2) is 15.0 Å². The lowest BCUT2D eigenvalue weighted by Crippen LogP contribution is -2.39. The van der Waals surface area contributed by atoms with Crippen LogP contribution in [0.15, 0.2) is 60.4 Å². The first kappa shape index (κ1) is 28.5. The van der Waals surface area contributed by atoms with Crippen molar-refractivity contribution in [3.63, 3.8) is 0 Å². The summed E-state index contributed by atoms with van der Waals surface area (Å²) in [5.41, 5.74) is 1.75. The molecule has 2 aliphatic rings. The third kappa shape index (κ3) is 7.44. The number of thiazole rings is 1. The Balaban J connectivity index is 1.03. The minimum atomic E-state index is -0.242.